The molecule has 0 saturated carbocycles. The molecule has 0 radical (unpaired) electrons. The van der Waals surface area contributed by atoms with Crippen LogP contribution in [0.3, 0.4) is 0 Å². The van der Waals surface area contributed by atoms with Crippen molar-refractivity contribution in [3.05, 3.63) is 17.5 Å². The molecule has 5 nitrogen and oxygen atoms in total. The van der Waals surface area contributed by atoms with Crippen LogP contribution in [0.25, 0.3) is 0 Å². The maximum atomic E-state index is 5.76. The molecule has 0 amide bonds. The van der Waals surface area contributed by atoms with Crippen LogP contribution >= 0.6 is 0 Å². The Morgan fingerprint density at radius 2 is 2.42 bits per heavy atom. The fourth-order valence-electron chi connectivity index (χ4n) is 2.77. The van der Waals surface area contributed by atoms with Gasteiger partial charge in [0.05, 0.1) is 11.8 Å². The summed E-state index contributed by atoms with van der Waals surface area (Å²) >= 11 is 0. The number of nitrogens with zero attached hydrogens (tertiary/aromatic N) is 2. The molecule has 0 spiro atoms. The summed E-state index contributed by atoms with van der Waals surface area (Å²) in [5.74, 6) is 5.67. The number of ether oxygens (including phenoxy) is 1. The molecule has 1 aliphatic heterocycles. The van der Waals surface area contributed by atoms with E-state index in [4.69, 9.17) is 10.6 Å². The topological polar surface area (TPSA) is 65.1 Å². The highest BCUT2D eigenvalue weighted by Gasteiger charge is 2.17. The molecule has 1 aromatic rings. The van der Waals surface area contributed by atoms with Crippen molar-refractivity contribution in [2.24, 2.45) is 12.9 Å². The van der Waals surface area contributed by atoms with Crippen molar-refractivity contribution in [2.75, 3.05) is 6.61 Å². The zero-order valence-corrected chi connectivity index (χ0v) is 12.1. The highest BCUT2D eigenvalue weighted by Crippen LogP contribution is 2.18. The Bertz CT molecular complexity index is 385. The van der Waals surface area contributed by atoms with E-state index in [1.54, 1.807) is 0 Å². The van der Waals surface area contributed by atoms with E-state index in [1.807, 2.05) is 18.7 Å². The third-order valence-electron chi connectivity index (χ3n) is 3.90. The molecule has 2 heterocycles. The molecule has 2 atom stereocenters. The zero-order chi connectivity index (χ0) is 13.7. The van der Waals surface area contributed by atoms with Gasteiger partial charge in [0.25, 0.3) is 0 Å². The van der Waals surface area contributed by atoms with Crippen LogP contribution in [-0.4, -0.2) is 28.5 Å². The Hall–Kier alpha value is -0.910. The van der Waals surface area contributed by atoms with Gasteiger partial charge in [0.2, 0.25) is 0 Å². The summed E-state index contributed by atoms with van der Waals surface area (Å²) in [5, 5.41) is 4.37. The van der Waals surface area contributed by atoms with Crippen LogP contribution in [0.5, 0.6) is 0 Å². The molecular formula is C14H26N4O. The minimum atomic E-state index is 0.292. The summed E-state index contributed by atoms with van der Waals surface area (Å²) in [6, 6.07) is 2.42. The molecule has 0 bridgehead atoms. The van der Waals surface area contributed by atoms with E-state index >= 15 is 0 Å². The highest BCUT2D eigenvalue weighted by molar-refractivity contribution is 5.10. The number of aromatic nitrogens is 2. The second kappa shape index (κ2) is 7.03. The molecule has 1 aliphatic rings. The number of hydrazine groups is 1. The van der Waals surface area contributed by atoms with Gasteiger partial charge >= 0.3 is 0 Å². The van der Waals surface area contributed by atoms with Crippen LogP contribution in [0, 0.1) is 6.92 Å². The van der Waals surface area contributed by atoms with Gasteiger partial charge in [-0.05, 0) is 45.1 Å². The van der Waals surface area contributed by atoms with Gasteiger partial charge in [-0.3, -0.25) is 16.0 Å². The summed E-state index contributed by atoms with van der Waals surface area (Å²) in [6.07, 6.45) is 7.19. The number of hydrogen-bond acceptors (Lipinski definition) is 4. The van der Waals surface area contributed by atoms with Gasteiger partial charge in [0.15, 0.2) is 0 Å². The predicted molar refractivity (Wildman–Crippen MR) is 75.6 cm³/mol. The Morgan fingerprint density at radius 3 is 3.00 bits per heavy atom. The second-order valence-corrected chi connectivity index (χ2v) is 5.53. The average Bonchev–Trinajstić information content (AvgIpc) is 2.74. The molecule has 2 unspecified atom stereocenters. The van der Waals surface area contributed by atoms with Crippen LogP contribution in [0.2, 0.25) is 0 Å². The normalized spacial score (nSPS) is 21.5. The van der Waals surface area contributed by atoms with Gasteiger partial charge in [-0.1, -0.05) is 0 Å². The van der Waals surface area contributed by atoms with E-state index in [2.05, 4.69) is 16.6 Å². The zero-order valence-electron chi connectivity index (χ0n) is 12.1. The van der Waals surface area contributed by atoms with Gasteiger partial charge in [-0.25, -0.2) is 0 Å². The van der Waals surface area contributed by atoms with Crippen molar-refractivity contribution < 1.29 is 4.74 Å². The third kappa shape index (κ3) is 4.30. The fraction of sp³-hybridized carbons (Fsp3) is 0.786. The molecule has 19 heavy (non-hydrogen) atoms. The van der Waals surface area contributed by atoms with Crippen molar-refractivity contribution in [1.82, 2.24) is 15.2 Å². The molecule has 1 aromatic heterocycles. The van der Waals surface area contributed by atoms with Gasteiger partial charge in [0, 0.05) is 31.8 Å². The largest absolute Gasteiger partial charge is 0.378 e. The van der Waals surface area contributed by atoms with Crippen LogP contribution < -0.4 is 11.3 Å². The first-order valence-corrected chi connectivity index (χ1v) is 7.26. The average molecular weight is 266 g/mol. The minimum absolute atomic E-state index is 0.292. The van der Waals surface area contributed by atoms with Gasteiger partial charge in [0.1, 0.15) is 0 Å². The van der Waals surface area contributed by atoms with Crippen LogP contribution in [-0.2, 0) is 18.2 Å². The number of hydrogen-bond donors (Lipinski definition) is 2. The highest BCUT2D eigenvalue weighted by atomic mass is 16.5. The van der Waals surface area contributed by atoms with Crippen LogP contribution in [0.4, 0.5) is 0 Å². The summed E-state index contributed by atoms with van der Waals surface area (Å²) in [6.45, 7) is 2.94. The Morgan fingerprint density at radius 1 is 1.58 bits per heavy atom. The van der Waals surface area contributed by atoms with Gasteiger partial charge in [-0.15, -0.1) is 0 Å². The summed E-state index contributed by atoms with van der Waals surface area (Å²) in [5.41, 5.74) is 5.22. The molecule has 0 aromatic carbocycles. The Kier molecular flexibility index (Phi) is 5.36. The molecular weight excluding hydrogens is 240 g/mol. The lowest BCUT2D eigenvalue weighted by molar-refractivity contribution is 0.00856. The Balaban J connectivity index is 1.81. The monoisotopic (exact) mass is 266 g/mol. The molecule has 3 N–H and O–H groups in total. The maximum absolute atomic E-state index is 5.76. The lowest BCUT2D eigenvalue weighted by Crippen LogP contribution is -2.38. The summed E-state index contributed by atoms with van der Waals surface area (Å²) in [4.78, 5) is 0. The van der Waals surface area contributed by atoms with Crippen molar-refractivity contribution in [1.29, 1.82) is 0 Å². The van der Waals surface area contributed by atoms with Crippen LogP contribution in [0.1, 0.15) is 43.5 Å². The fourth-order valence-corrected chi connectivity index (χ4v) is 2.77. The lowest BCUT2D eigenvalue weighted by atomic mass is 9.99. The van der Waals surface area contributed by atoms with Crippen LogP contribution in [0.15, 0.2) is 6.07 Å². The minimum Gasteiger partial charge on any atom is -0.378 e. The number of nitrogens with two attached hydrogens (primary N) is 1. The number of nitrogens with one attached hydrogen (secondary N) is 1. The Labute approximate surface area is 115 Å². The maximum Gasteiger partial charge on any atom is 0.0596 e. The van der Waals surface area contributed by atoms with Gasteiger partial charge < -0.3 is 4.74 Å². The SMILES string of the molecule is Cc1cc(CC(CCC2CCCCO2)NN)n(C)n1. The van der Waals surface area contributed by atoms with E-state index in [9.17, 15) is 0 Å². The first-order chi connectivity index (χ1) is 9.19. The first-order valence-electron chi connectivity index (χ1n) is 7.26. The summed E-state index contributed by atoms with van der Waals surface area (Å²) < 4.78 is 7.71. The van der Waals surface area contributed by atoms with Crippen molar-refractivity contribution in [3.8, 4) is 0 Å². The molecule has 0 aliphatic carbocycles. The van der Waals surface area contributed by atoms with E-state index in [-0.39, 0.29) is 0 Å². The molecule has 108 valence electrons. The number of aryl methyl sites for hydroxylation is 2. The summed E-state index contributed by atoms with van der Waals surface area (Å²) in [7, 11) is 1.99. The smallest absolute Gasteiger partial charge is 0.0596 e. The standard InChI is InChI=1S/C14H26N4O/c1-11-9-13(18(2)17-11)10-12(16-15)6-7-14-5-3-4-8-19-14/h9,12,14,16H,3-8,10,15H2,1-2H3. The van der Waals surface area contributed by atoms with E-state index in [0.717, 1.165) is 31.6 Å². The molecule has 1 saturated heterocycles. The van der Waals surface area contributed by atoms with E-state index < -0.39 is 0 Å². The quantitative estimate of drug-likeness (QED) is 0.604. The molecule has 1 fully saturated rings. The van der Waals surface area contributed by atoms with Crippen molar-refractivity contribution in [3.63, 3.8) is 0 Å². The van der Waals surface area contributed by atoms with Gasteiger partial charge in [-0.2, -0.15) is 5.10 Å². The molecule has 5 heteroatoms. The lowest BCUT2D eigenvalue weighted by Gasteiger charge is -2.24. The van der Waals surface area contributed by atoms with E-state index in [0.29, 0.717) is 12.1 Å². The second-order valence-electron chi connectivity index (χ2n) is 5.53. The predicted octanol–water partition coefficient (Wildman–Crippen LogP) is 1.45. The number of rotatable bonds is 6. The van der Waals surface area contributed by atoms with Crippen molar-refractivity contribution in [2.45, 2.75) is 57.6 Å². The van der Waals surface area contributed by atoms with E-state index in [1.165, 1.54) is 25.0 Å². The van der Waals surface area contributed by atoms with Crippen molar-refractivity contribution >= 4 is 0 Å². The third-order valence-corrected chi connectivity index (χ3v) is 3.90. The first kappa shape index (κ1) is 14.5. The molecule has 2 rings (SSSR count).